The SMILES string of the molecule is Cc1cccc2cc(C(=O)N3CCC(F)(C(=O)O)C3)oc12. The highest BCUT2D eigenvalue weighted by molar-refractivity contribution is 5.97. The Morgan fingerprint density at radius 3 is 2.81 bits per heavy atom. The molecule has 6 heteroatoms. The van der Waals surface area contributed by atoms with Crippen molar-refractivity contribution in [1.29, 1.82) is 0 Å². The predicted molar refractivity (Wildman–Crippen MR) is 72.9 cm³/mol. The molecule has 1 N–H and O–H groups in total. The molecule has 0 radical (unpaired) electrons. The fraction of sp³-hybridized carbons (Fsp3) is 0.333. The minimum atomic E-state index is -2.36. The molecule has 2 heterocycles. The Labute approximate surface area is 119 Å². The molecule has 5 nitrogen and oxygen atoms in total. The van der Waals surface area contributed by atoms with Gasteiger partial charge in [-0.05, 0) is 18.6 Å². The van der Waals surface area contributed by atoms with Crippen molar-refractivity contribution in [3.8, 4) is 0 Å². The summed E-state index contributed by atoms with van der Waals surface area (Å²) in [6.07, 6.45) is -0.201. The van der Waals surface area contributed by atoms with Gasteiger partial charge in [0.2, 0.25) is 5.67 Å². The first-order chi connectivity index (χ1) is 9.90. The molecule has 3 rings (SSSR count). The van der Waals surface area contributed by atoms with Crippen molar-refractivity contribution in [2.45, 2.75) is 19.0 Å². The molecule has 1 saturated heterocycles. The van der Waals surface area contributed by atoms with Gasteiger partial charge in [0.25, 0.3) is 5.91 Å². The van der Waals surface area contributed by atoms with E-state index in [0.29, 0.717) is 5.58 Å². The number of fused-ring (bicyclic) bond motifs is 1. The number of benzene rings is 1. The van der Waals surface area contributed by atoms with Crippen molar-refractivity contribution in [2.24, 2.45) is 0 Å². The van der Waals surface area contributed by atoms with Crippen LogP contribution in [0.4, 0.5) is 4.39 Å². The van der Waals surface area contributed by atoms with Crippen LogP contribution in [0, 0.1) is 6.92 Å². The Morgan fingerprint density at radius 1 is 1.43 bits per heavy atom. The average Bonchev–Trinajstić information content (AvgIpc) is 3.03. The fourth-order valence-electron chi connectivity index (χ4n) is 2.59. The molecular formula is C15H14FNO4. The van der Waals surface area contributed by atoms with Crippen LogP contribution in [0.5, 0.6) is 0 Å². The predicted octanol–water partition coefficient (Wildman–Crippen LogP) is 2.38. The van der Waals surface area contributed by atoms with Crippen molar-refractivity contribution in [2.75, 3.05) is 13.1 Å². The van der Waals surface area contributed by atoms with Crippen LogP contribution >= 0.6 is 0 Å². The quantitative estimate of drug-likeness (QED) is 0.922. The number of para-hydroxylation sites is 1. The van der Waals surface area contributed by atoms with E-state index in [2.05, 4.69) is 0 Å². The van der Waals surface area contributed by atoms with Gasteiger partial charge in [0, 0.05) is 18.4 Å². The minimum absolute atomic E-state index is 0.0671. The maximum absolute atomic E-state index is 14.0. The number of carboxylic acid groups (broad SMARTS) is 1. The van der Waals surface area contributed by atoms with Crippen LogP contribution in [0.2, 0.25) is 0 Å². The lowest BCUT2D eigenvalue weighted by atomic mass is 10.1. The molecule has 0 saturated carbocycles. The molecule has 1 fully saturated rings. The molecule has 2 aromatic rings. The fourth-order valence-corrected chi connectivity index (χ4v) is 2.59. The number of likely N-dealkylation sites (tertiary alicyclic amines) is 1. The van der Waals surface area contributed by atoms with Gasteiger partial charge in [0.05, 0.1) is 6.54 Å². The number of nitrogens with zero attached hydrogens (tertiary/aromatic N) is 1. The number of carboxylic acids is 1. The van der Waals surface area contributed by atoms with Gasteiger partial charge in [-0.2, -0.15) is 0 Å². The van der Waals surface area contributed by atoms with Crippen LogP contribution in [0.3, 0.4) is 0 Å². The molecule has 0 aliphatic carbocycles. The number of hydrogen-bond donors (Lipinski definition) is 1. The zero-order chi connectivity index (χ0) is 15.2. The first-order valence-electron chi connectivity index (χ1n) is 6.61. The highest BCUT2D eigenvalue weighted by Gasteiger charge is 2.47. The lowest BCUT2D eigenvalue weighted by Crippen LogP contribution is -2.38. The van der Waals surface area contributed by atoms with E-state index in [1.807, 2.05) is 25.1 Å². The normalized spacial score (nSPS) is 21.9. The average molecular weight is 291 g/mol. The van der Waals surface area contributed by atoms with E-state index in [4.69, 9.17) is 9.52 Å². The summed E-state index contributed by atoms with van der Waals surface area (Å²) >= 11 is 0. The zero-order valence-electron chi connectivity index (χ0n) is 11.4. The lowest BCUT2D eigenvalue weighted by molar-refractivity contribution is -0.149. The lowest BCUT2D eigenvalue weighted by Gasteiger charge is -2.16. The van der Waals surface area contributed by atoms with Crippen LogP contribution in [0.25, 0.3) is 11.0 Å². The van der Waals surface area contributed by atoms with Gasteiger partial charge < -0.3 is 14.4 Å². The van der Waals surface area contributed by atoms with Gasteiger partial charge in [-0.25, -0.2) is 9.18 Å². The summed E-state index contributed by atoms with van der Waals surface area (Å²) in [6, 6.07) is 7.15. The molecule has 0 bridgehead atoms. The van der Waals surface area contributed by atoms with Gasteiger partial charge >= 0.3 is 5.97 Å². The smallest absolute Gasteiger partial charge is 0.343 e. The zero-order valence-corrected chi connectivity index (χ0v) is 11.4. The van der Waals surface area contributed by atoms with Crippen LogP contribution in [-0.2, 0) is 4.79 Å². The first-order valence-corrected chi connectivity index (χ1v) is 6.61. The van der Waals surface area contributed by atoms with E-state index < -0.39 is 24.1 Å². The van der Waals surface area contributed by atoms with E-state index in [1.54, 1.807) is 6.07 Å². The molecule has 110 valence electrons. The van der Waals surface area contributed by atoms with E-state index in [1.165, 1.54) is 4.90 Å². The number of carbonyl (C=O) groups is 2. The third-order valence-corrected chi connectivity index (χ3v) is 3.84. The van der Waals surface area contributed by atoms with Gasteiger partial charge in [-0.3, -0.25) is 4.79 Å². The highest BCUT2D eigenvalue weighted by atomic mass is 19.1. The van der Waals surface area contributed by atoms with Crippen LogP contribution < -0.4 is 0 Å². The van der Waals surface area contributed by atoms with Gasteiger partial charge in [0.1, 0.15) is 5.58 Å². The number of furan rings is 1. The molecule has 21 heavy (non-hydrogen) atoms. The molecule has 1 aliphatic heterocycles. The third kappa shape index (κ3) is 2.16. The highest BCUT2D eigenvalue weighted by Crippen LogP contribution is 2.29. The van der Waals surface area contributed by atoms with E-state index >= 15 is 0 Å². The number of amides is 1. The number of rotatable bonds is 2. The number of aliphatic carboxylic acids is 1. The summed E-state index contributed by atoms with van der Waals surface area (Å²) in [5, 5.41) is 9.65. The number of halogens is 1. The summed E-state index contributed by atoms with van der Waals surface area (Å²) in [4.78, 5) is 24.4. The molecule has 1 aliphatic rings. The molecule has 1 aromatic carbocycles. The summed E-state index contributed by atoms with van der Waals surface area (Å²) < 4.78 is 19.5. The van der Waals surface area contributed by atoms with Crippen LogP contribution in [0.15, 0.2) is 28.7 Å². The van der Waals surface area contributed by atoms with Crippen molar-refractivity contribution in [3.63, 3.8) is 0 Å². The van der Waals surface area contributed by atoms with Gasteiger partial charge in [0.15, 0.2) is 5.76 Å². The summed E-state index contributed by atoms with van der Waals surface area (Å²) in [7, 11) is 0. The Morgan fingerprint density at radius 2 is 2.19 bits per heavy atom. The first kappa shape index (κ1) is 13.6. The van der Waals surface area contributed by atoms with Gasteiger partial charge in [-0.15, -0.1) is 0 Å². The van der Waals surface area contributed by atoms with E-state index in [9.17, 15) is 14.0 Å². The van der Waals surface area contributed by atoms with E-state index in [0.717, 1.165) is 10.9 Å². The Balaban J connectivity index is 1.88. The Hall–Kier alpha value is -2.37. The minimum Gasteiger partial charge on any atom is -0.479 e. The molecular weight excluding hydrogens is 277 g/mol. The Kier molecular flexibility index (Phi) is 2.97. The monoisotopic (exact) mass is 291 g/mol. The Bertz CT molecular complexity index is 738. The largest absolute Gasteiger partial charge is 0.479 e. The van der Waals surface area contributed by atoms with Crippen molar-refractivity contribution < 1.29 is 23.5 Å². The van der Waals surface area contributed by atoms with E-state index in [-0.39, 0.29) is 18.7 Å². The maximum Gasteiger partial charge on any atom is 0.343 e. The topological polar surface area (TPSA) is 70.8 Å². The molecule has 1 aromatic heterocycles. The van der Waals surface area contributed by atoms with Crippen molar-refractivity contribution in [3.05, 3.63) is 35.6 Å². The second kappa shape index (κ2) is 4.58. The third-order valence-electron chi connectivity index (χ3n) is 3.84. The number of aryl methyl sites for hydroxylation is 1. The van der Waals surface area contributed by atoms with Crippen LogP contribution in [0.1, 0.15) is 22.5 Å². The summed E-state index contributed by atoms with van der Waals surface area (Å²) in [6.45, 7) is 1.49. The molecule has 0 spiro atoms. The van der Waals surface area contributed by atoms with Gasteiger partial charge in [-0.1, -0.05) is 18.2 Å². The standard InChI is InChI=1S/C15H14FNO4/c1-9-3-2-4-10-7-11(21-12(9)10)13(18)17-6-5-15(16,8-17)14(19)20/h2-4,7H,5-6,8H2,1H3,(H,19,20). The van der Waals surface area contributed by atoms with Crippen molar-refractivity contribution in [1.82, 2.24) is 4.90 Å². The number of carbonyl (C=O) groups excluding carboxylic acids is 1. The molecule has 1 amide bonds. The molecule has 1 unspecified atom stereocenters. The van der Waals surface area contributed by atoms with Crippen LogP contribution in [-0.4, -0.2) is 40.6 Å². The number of hydrogen-bond acceptors (Lipinski definition) is 3. The maximum atomic E-state index is 14.0. The summed E-state index contributed by atoms with van der Waals surface area (Å²) in [5.41, 5.74) is -0.847. The van der Waals surface area contributed by atoms with Crippen molar-refractivity contribution >= 4 is 22.8 Å². The molecule has 1 atom stereocenters. The number of alkyl halides is 1. The summed E-state index contributed by atoms with van der Waals surface area (Å²) in [5.74, 6) is -1.90. The second-order valence-corrected chi connectivity index (χ2v) is 5.35. The second-order valence-electron chi connectivity index (χ2n) is 5.35.